The van der Waals surface area contributed by atoms with Crippen molar-refractivity contribution < 1.29 is 19.1 Å². The molecule has 2 heterocycles. The number of carbonyl (C=O) groups is 2. The molecule has 0 spiro atoms. The lowest BCUT2D eigenvalue weighted by Gasteiger charge is -2.05. The molecule has 1 aliphatic rings. The predicted octanol–water partition coefficient (Wildman–Crippen LogP) is 5.67. The van der Waals surface area contributed by atoms with Gasteiger partial charge in [-0.1, -0.05) is 29.8 Å². The number of allylic oxidation sites excluding steroid dienone is 1. The molecule has 31 heavy (non-hydrogen) atoms. The van der Waals surface area contributed by atoms with Gasteiger partial charge in [-0.2, -0.15) is 0 Å². The predicted molar refractivity (Wildman–Crippen MR) is 119 cm³/mol. The molecule has 3 aromatic carbocycles. The molecule has 0 amide bonds. The maximum atomic E-state index is 12.8. The van der Waals surface area contributed by atoms with E-state index in [1.807, 2.05) is 42.1 Å². The van der Waals surface area contributed by atoms with Crippen LogP contribution < -0.4 is 9.47 Å². The van der Waals surface area contributed by atoms with Crippen LogP contribution in [0.5, 0.6) is 11.5 Å². The van der Waals surface area contributed by atoms with Crippen LogP contribution in [-0.2, 0) is 7.05 Å². The third kappa shape index (κ3) is 3.49. The van der Waals surface area contributed by atoms with Gasteiger partial charge in [0.05, 0.1) is 11.1 Å². The molecule has 5 nitrogen and oxygen atoms in total. The minimum absolute atomic E-state index is 0.210. The van der Waals surface area contributed by atoms with Crippen molar-refractivity contribution in [1.29, 1.82) is 0 Å². The number of halogens is 1. The minimum atomic E-state index is -0.521. The molecular formula is C25H16ClNO4. The van der Waals surface area contributed by atoms with E-state index in [0.717, 1.165) is 16.5 Å². The summed E-state index contributed by atoms with van der Waals surface area (Å²) in [6.45, 7) is 0. The molecule has 4 aromatic rings. The Hall–Kier alpha value is -3.83. The van der Waals surface area contributed by atoms with Gasteiger partial charge in [-0.25, -0.2) is 4.79 Å². The molecule has 0 N–H and O–H groups in total. The standard InChI is InChI=1S/C25H16ClNO4/c1-27-14-16(19-4-2-3-5-21(19)27)12-23-24(28)20-11-10-18(13-22(20)31-23)30-25(29)15-6-8-17(26)9-7-15/h2-14H,1H3. The number of para-hydroxylation sites is 1. The van der Waals surface area contributed by atoms with Crippen molar-refractivity contribution >= 4 is 40.3 Å². The number of Topliss-reactive ketones (excluding diaryl/α,β-unsaturated/α-hetero) is 1. The summed E-state index contributed by atoms with van der Waals surface area (Å²) in [6.07, 6.45) is 3.70. The maximum Gasteiger partial charge on any atom is 0.343 e. The van der Waals surface area contributed by atoms with E-state index in [1.165, 1.54) is 0 Å². The van der Waals surface area contributed by atoms with E-state index in [2.05, 4.69) is 0 Å². The first-order valence-electron chi connectivity index (χ1n) is 9.60. The fourth-order valence-corrected chi connectivity index (χ4v) is 3.74. The normalized spacial score (nSPS) is 14.0. The molecule has 0 unspecified atom stereocenters. The quantitative estimate of drug-likeness (QED) is 0.239. The van der Waals surface area contributed by atoms with Crippen LogP contribution in [0.4, 0.5) is 0 Å². The maximum absolute atomic E-state index is 12.8. The van der Waals surface area contributed by atoms with Gasteiger partial charge in [0.15, 0.2) is 5.76 Å². The van der Waals surface area contributed by atoms with Crippen molar-refractivity contribution in [1.82, 2.24) is 4.57 Å². The number of nitrogens with zero attached hydrogens (tertiary/aromatic N) is 1. The van der Waals surface area contributed by atoms with Crippen LogP contribution in [0.15, 0.2) is 78.7 Å². The second kappa shape index (κ2) is 7.45. The molecule has 1 aliphatic heterocycles. The van der Waals surface area contributed by atoms with Crippen LogP contribution in [-0.4, -0.2) is 16.3 Å². The van der Waals surface area contributed by atoms with Crippen molar-refractivity contribution in [3.63, 3.8) is 0 Å². The number of aromatic nitrogens is 1. The fourth-order valence-electron chi connectivity index (χ4n) is 3.61. The summed E-state index contributed by atoms with van der Waals surface area (Å²) >= 11 is 5.85. The van der Waals surface area contributed by atoms with E-state index in [-0.39, 0.29) is 17.3 Å². The molecule has 5 rings (SSSR count). The van der Waals surface area contributed by atoms with Crippen LogP contribution in [0.2, 0.25) is 5.02 Å². The number of ether oxygens (including phenoxy) is 2. The largest absolute Gasteiger partial charge is 0.452 e. The lowest BCUT2D eigenvalue weighted by atomic mass is 10.1. The Morgan fingerprint density at radius 3 is 2.65 bits per heavy atom. The second-order valence-corrected chi connectivity index (χ2v) is 7.64. The first kappa shape index (κ1) is 19.2. The summed E-state index contributed by atoms with van der Waals surface area (Å²) in [6, 6.07) is 19.1. The van der Waals surface area contributed by atoms with Crippen molar-refractivity contribution in [2.45, 2.75) is 0 Å². The second-order valence-electron chi connectivity index (χ2n) is 7.21. The molecule has 0 aliphatic carbocycles. The molecule has 0 radical (unpaired) electrons. The highest BCUT2D eigenvalue weighted by Crippen LogP contribution is 2.36. The Morgan fingerprint density at radius 2 is 1.84 bits per heavy atom. The third-order valence-electron chi connectivity index (χ3n) is 5.15. The van der Waals surface area contributed by atoms with Crippen LogP contribution in [0.1, 0.15) is 26.3 Å². The average Bonchev–Trinajstić information content (AvgIpc) is 3.25. The van der Waals surface area contributed by atoms with Crippen LogP contribution in [0.3, 0.4) is 0 Å². The number of aryl methyl sites for hydroxylation is 1. The zero-order valence-corrected chi connectivity index (χ0v) is 17.2. The number of hydrogen-bond donors (Lipinski definition) is 0. The Kier molecular flexibility index (Phi) is 4.60. The van der Waals surface area contributed by atoms with Gasteiger partial charge < -0.3 is 14.0 Å². The van der Waals surface area contributed by atoms with Gasteiger partial charge in [0, 0.05) is 40.8 Å². The summed E-state index contributed by atoms with van der Waals surface area (Å²) < 4.78 is 13.2. The molecule has 152 valence electrons. The highest BCUT2D eigenvalue weighted by Gasteiger charge is 2.28. The van der Waals surface area contributed by atoms with Gasteiger partial charge in [0.25, 0.3) is 0 Å². The minimum Gasteiger partial charge on any atom is -0.452 e. The zero-order chi connectivity index (χ0) is 21.5. The number of hydrogen-bond acceptors (Lipinski definition) is 4. The van der Waals surface area contributed by atoms with E-state index < -0.39 is 5.97 Å². The van der Waals surface area contributed by atoms with Crippen molar-refractivity contribution in [2.24, 2.45) is 7.05 Å². The van der Waals surface area contributed by atoms with Gasteiger partial charge in [-0.05, 0) is 48.5 Å². The van der Waals surface area contributed by atoms with Crippen molar-refractivity contribution in [3.8, 4) is 11.5 Å². The number of benzene rings is 3. The number of esters is 1. The monoisotopic (exact) mass is 429 g/mol. The van der Waals surface area contributed by atoms with Crippen LogP contribution in [0.25, 0.3) is 17.0 Å². The average molecular weight is 430 g/mol. The Bertz CT molecular complexity index is 1380. The summed E-state index contributed by atoms with van der Waals surface area (Å²) in [7, 11) is 1.96. The van der Waals surface area contributed by atoms with Gasteiger partial charge in [-0.3, -0.25) is 4.79 Å². The highest BCUT2D eigenvalue weighted by molar-refractivity contribution is 6.30. The first-order valence-corrected chi connectivity index (χ1v) is 9.97. The fraction of sp³-hybridized carbons (Fsp3) is 0.0400. The Morgan fingerprint density at radius 1 is 1.06 bits per heavy atom. The summed E-state index contributed by atoms with van der Waals surface area (Å²) in [5, 5.41) is 1.56. The summed E-state index contributed by atoms with van der Waals surface area (Å²) in [4.78, 5) is 25.1. The zero-order valence-electron chi connectivity index (χ0n) is 16.5. The van der Waals surface area contributed by atoms with E-state index in [0.29, 0.717) is 21.9 Å². The molecule has 6 heteroatoms. The summed E-state index contributed by atoms with van der Waals surface area (Å²) in [5.41, 5.74) is 2.76. The van der Waals surface area contributed by atoms with Crippen LogP contribution >= 0.6 is 11.6 Å². The van der Waals surface area contributed by atoms with E-state index in [4.69, 9.17) is 21.1 Å². The molecule has 0 fully saturated rings. The third-order valence-corrected chi connectivity index (χ3v) is 5.40. The topological polar surface area (TPSA) is 57.5 Å². The number of carbonyl (C=O) groups excluding carboxylic acids is 2. The SMILES string of the molecule is Cn1cc(C=C2Oc3cc(OC(=O)c4ccc(Cl)cc4)ccc3C2=O)c2ccccc21. The lowest BCUT2D eigenvalue weighted by Crippen LogP contribution is -2.08. The lowest BCUT2D eigenvalue weighted by molar-refractivity contribution is 0.0734. The summed E-state index contributed by atoms with van der Waals surface area (Å²) in [5.74, 6) is 0.148. The number of ketones is 1. The Labute approximate surface area is 183 Å². The molecule has 1 aromatic heterocycles. The van der Waals surface area contributed by atoms with Gasteiger partial charge in [0.2, 0.25) is 5.78 Å². The number of rotatable bonds is 3. The van der Waals surface area contributed by atoms with Crippen molar-refractivity contribution in [3.05, 3.63) is 100 Å². The van der Waals surface area contributed by atoms with E-state index in [1.54, 1.807) is 48.5 Å². The van der Waals surface area contributed by atoms with Gasteiger partial charge >= 0.3 is 5.97 Å². The smallest absolute Gasteiger partial charge is 0.343 e. The highest BCUT2D eigenvalue weighted by atomic mass is 35.5. The van der Waals surface area contributed by atoms with Crippen molar-refractivity contribution in [2.75, 3.05) is 0 Å². The van der Waals surface area contributed by atoms with E-state index in [9.17, 15) is 9.59 Å². The molecule has 0 atom stereocenters. The molecular weight excluding hydrogens is 414 g/mol. The van der Waals surface area contributed by atoms with Gasteiger partial charge in [-0.15, -0.1) is 0 Å². The van der Waals surface area contributed by atoms with Crippen LogP contribution in [0, 0.1) is 0 Å². The molecule has 0 bridgehead atoms. The molecule has 0 saturated heterocycles. The van der Waals surface area contributed by atoms with Gasteiger partial charge in [0.1, 0.15) is 11.5 Å². The number of fused-ring (bicyclic) bond motifs is 2. The molecule has 0 saturated carbocycles. The van der Waals surface area contributed by atoms with E-state index >= 15 is 0 Å². The Balaban J connectivity index is 1.41. The first-order chi connectivity index (χ1) is 15.0.